The van der Waals surface area contributed by atoms with Crippen LogP contribution in [-0.2, 0) is 10.8 Å². The van der Waals surface area contributed by atoms with E-state index in [-0.39, 0.29) is 28.6 Å². The van der Waals surface area contributed by atoms with Gasteiger partial charge in [-0.25, -0.2) is 0 Å². The Labute approximate surface area is 350 Å². The van der Waals surface area contributed by atoms with Crippen molar-refractivity contribution in [3.63, 3.8) is 0 Å². The summed E-state index contributed by atoms with van der Waals surface area (Å²) in [6, 6.07) is 32.4. The molecule has 58 heavy (non-hydrogen) atoms. The molecule has 0 N–H and O–H groups in total. The van der Waals surface area contributed by atoms with Gasteiger partial charge in [-0.05, 0) is 142 Å². The highest BCUT2D eigenvalue weighted by atomic mass is 28.3. The molecule has 4 heterocycles. The van der Waals surface area contributed by atoms with Crippen LogP contribution in [0.5, 0.6) is 0 Å². The van der Waals surface area contributed by atoms with E-state index >= 15 is 0 Å². The van der Waals surface area contributed by atoms with Gasteiger partial charge in [-0.1, -0.05) is 118 Å². The largest absolute Gasteiger partial charge is 0.335 e. The van der Waals surface area contributed by atoms with Gasteiger partial charge in [0.2, 0.25) is 0 Å². The van der Waals surface area contributed by atoms with E-state index in [0.717, 1.165) is 0 Å². The van der Waals surface area contributed by atoms with Crippen LogP contribution in [0.15, 0.2) is 78.9 Å². The van der Waals surface area contributed by atoms with Crippen molar-refractivity contribution >= 4 is 76.2 Å². The summed E-state index contributed by atoms with van der Waals surface area (Å²) in [7, 11) is -1.68. The fourth-order valence-corrected chi connectivity index (χ4v) is 14.9. The number of nitrogens with zero attached hydrogens (tertiary/aromatic N) is 3. The van der Waals surface area contributed by atoms with Gasteiger partial charge in [-0.15, -0.1) is 0 Å². The third kappa shape index (κ3) is 4.47. The van der Waals surface area contributed by atoms with E-state index in [4.69, 9.17) is 0 Å². The van der Waals surface area contributed by atoms with Crippen LogP contribution in [-0.4, -0.2) is 25.9 Å². The molecule has 11 rings (SSSR count). The Balaban J connectivity index is 1.29. The first-order valence-electron chi connectivity index (χ1n) is 22.6. The average Bonchev–Trinajstić information content (AvgIpc) is 3.51. The van der Waals surface area contributed by atoms with Crippen LogP contribution in [0.2, 0.25) is 19.6 Å². The fraction of sp³-hybridized carbons (Fsp3) is 0.434. The van der Waals surface area contributed by atoms with Crippen LogP contribution in [0.4, 0.5) is 39.8 Å². The normalized spacial score (nSPS) is 27.5. The number of hydrogen-bond acceptors (Lipinski definition) is 3. The maximum absolute atomic E-state index is 2.96. The van der Waals surface area contributed by atoms with Gasteiger partial charge < -0.3 is 14.7 Å². The summed E-state index contributed by atoms with van der Waals surface area (Å²) >= 11 is 0. The van der Waals surface area contributed by atoms with Crippen molar-refractivity contribution in [1.82, 2.24) is 0 Å². The highest BCUT2D eigenvalue weighted by molar-refractivity contribution is 7.01. The van der Waals surface area contributed by atoms with Crippen LogP contribution in [0, 0.1) is 27.7 Å². The maximum atomic E-state index is 2.96. The van der Waals surface area contributed by atoms with Gasteiger partial charge in [0.1, 0.15) is 0 Å². The minimum atomic E-state index is -1.68. The van der Waals surface area contributed by atoms with Crippen molar-refractivity contribution in [3.8, 4) is 0 Å². The summed E-state index contributed by atoms with van der Waals surface area (Å²) in [6.45, 7) is 27.6. The van der Waals surface area contributed by atoms with E-state index in [1.165, 1.54) is 124 Å². The van der Waals surface area contributed by atoms with E-state index in [1.54, 1.807) is 21.8 Å². The van der Waals surface area contributed by atoms with Crippen molar-refractivity contribution in [1.29, 1.82) is 0 Å². The topological polar surface area (TPSA) is 9.72 Å². The molecule has 0 spiro atoms. The van der Waals surface area contributed by atoms with Crippen molar-refractivity contribution in [3.05, 3.63) is 112 Å². The number of hydrogen-bond donors (Lipinski definition) is 0. The number of anilines is 7. The molecule has 296 valence electrons. The maximum Gasteiger partial charge on any atom is 0.252 e. The first kappa shape index (κ1) is 36.8. The Hall–Kier alpha value is -4.22. The summed E-state index contributed by atoms with van der Waals surface area (Å²) in [5.41, 5.74) is 22.9. The van der Waals surface area contributed by atoms with Crippen LogP contribution >= 0.6 is 0 Å². The molecule has 5 aromatic rings. The molecule has 4 atom stereocenters. The van der Waals surface area contributed by atoms with E-state index in [2.05, 4.69) is 169 Å². The van der Waals surface area contributed by atoms with E-state index in [0.29, 0.717) is 0 Å². The molecule has 4 unspecified atom stereocenters. The van der Waals surface area contributed by atoms with Gasteiger partial charge >= 0.3 is 0 Å². The lowest BCUT2D eigenvalue weighted by Gasteiger charge is -2.53. The van der Waals surface area contributed by atoms with Crippen LogP contribution < -0.4 is 36.3 Å². The Kier molecular flexibility index (Phi) is 7.46. The quantitative estimate of drug-likeness (QED) is 0.166. The molecule has 0 radical (unpaired) electrons. The van der Waals surface area contributed by atoms with Crippen molar-refractivity contribution in [2.45, 2.75) is 148 Å². The molecule has 0 aromatic heterocycles. The summed E-state index contributed by atoms with van der Waals surface area (Å²) in [5.74, 6) is 0. The SMILES string of the molecule is Cc1ccc(N2c3ccc(C)cc3B3c4cc([Si](C)(C)C)cc5c4N(c4cc(N6c7cc(C)cc(C)c7C7(C)CCCCC67C)cc2c43)C2(C)CCCCC52C)cc1. The molecule has 3 nitrogen and oxygen atoms in total. The third-order valence-corrected chi connectivity index (χ3v) is 19.1. The van der Waals surface area contributed by atoms with Gasteiger partial charge in [-0.2, -0.15) is 0 Å². The van der Waals surface area contributed by atoms with Gasteiger partial charge in [0.05, 0.1) is 19.2 Å². The number of rotatable bonds is 3. The highest BCUT2D eigenvalue weighted by Crippen LogP contribution is 2.65. The molecule has 2 fully saturated rings. The lowest BCUT2D eigenvalue weighted by atomic mass is 9.33. The van der Waals surface area contributed by atoms with E-state index in [9.17, 15) is 0 Å². The molecule has 0 saturated heterocycles. The lowest BCUT2D eigenvalue weighted by Crippen LogP contribution is -2.65. The zero-order chi connectivity index (χ0) is 40.5. The van der Waals surface area contributed by atoms with Crippen LogP contribution in [0.3, 0.4) is 0 Å². The minimum absolute atomic E-state index is 0.0291. The first-order chi connectivity index (χ1) is 27.5. The Bertz CT molecular complexity index is 2600. The summed E-state index contributed by atoms with van der Waals surface area (Å²) in [6.07, 6.45) is 10.0. The van der Waals surface area contributed by atoms with Crippen LogP contribution in [0.25, 0.3) is 0 Å². The standard InChI is InChI=1S/C53H62BN3Si/c1-33-16-19-37(20-17-33)55-43-21-18-34(2)27-41(43)54-42-32-39(58(9,10)11)31-40-49(42)57(52(7)24-14-12-22-50(40,52)5)46-30-38(29-45(55)48(46)54)56-44-28-35(3)26-36(4)47(44)51(6)23-13-15-25-53(51,56)8/h16-21,26-32H,12-15,22-25H2,1-11H3. The summed E-state index contributed by atoms with van der Waals surface area (Å²) in [4.78, 5) is 8.48. The second-order valence-corrected chi connectivity index (χ2v) is 26.6. The van der Waals surface area contributed by atoms with Crippen molar-refractivity contribution in [2.24, 2.45) is 0 Å². The molecule has 6 aliphatic rings. The fourth-order valence-electron chi connectivity index (χ4n) is 13.8. The van der Waals surface area contributed by atoms with E-state index in [1.807, 2.05) is 0 Å². The molecule has 0 amide bonds. The Morgan fingerprint density at radius 2 is 1.17 bits per heavy atom. The monoisotopic (exact) mass is 779 g/mol. The summed E-state index contributed by atoms with van der Waals surface area (Å²) < 4.78 is 0. The smallest absolute Gasteiger partial charge is 0.252 e. The molecule has 2 aliphatic carbocycles. The molecule has 5 aromatic carbocycles. The Morgan fingerprint density at radius 1 is 0.534 bits per heavy atom. The lowest BCUT2D eigenvalue weighted by molar-refractivity contribution is 0.193. The molecule has 5 heteroatoms. The second kappa shape index (κ2) is 11.7. The molecular weight excluding hydrogens is 718 g/mol. The third-order valence-electron chi connectivity index (χ3n) is 17.1. The number of fused-ring (bicyclic) bond motifs is 10. The predicted molar refractivity (Wildman–Crippen MR) is 253 cm³/mol. The zero-order valence-electron chi connectivity index (χ0n) is 37.1. The molecule has 0 bridgehead atoms. The highest BCUT2D eigenvalue weighted by Gasteiger charge is 2.63. The number of aryl methyl sites for hydroxylation is 4. The van der Waals surface area contributed by atoms with Gasteiger partial charge in [0.25, 0.3) is 6.71 Å². The van der Waals surface area contributed by atoms with Gasteiger partial charge in [0, 0.05) is 50.6 Å². The number of benzene rings is 5. The molecular formula is C53H62BN3Si. The van der Waals surface area contributed by atoms with Gasteiger partial charge in [0.15, 0.2) is 0 Å². The average molecular weight is 780 g/mol. The second-order valence-electron chi connectivity index (χ2n) is 21.5. The van der Waals surface area contributed by atoms with Crippen LogP contribution in [0.1, 0.15) is 112 Å². The predicted octanol–water partition coefficient (Wildman–Crippen LogP) is 11.6. The zero-order valence-corrected chi connectivity index (χ0v) is 38.1. The Morgan fingerprint density at radius 3 is 1.88 bits per heavy atom. The molecule has 4 aliphatic heterocycles. The minimum Gasteiger partial charge on any atom is -0.335 e. The molecule has 2 saturated carbocycles. The van der Waals surface area contributed by atoms with Gasteiger partial charge in [-0.3, -0.25) is 0 Å². The van der Waals surface area contributed by atoms with Crippen molar-refractivity contribution < 1.29 is 0 Å². The summed E-state index contributed by atoms with van der Waals surface area (Å²) in [5, 5.41) is 1.61. The van der Waals surface area contributed by atoms with Crippen molar-refractivity contribution in [2.75, 3.05) is 14.7 Å². The first-order valence-corrected chi connectivity index (χ1v) is 26.1. The van der Waals surface area contributed by atoms with E-state index < -0.39 is 8.07 Å².